The van der Waals surface area contributed by atoms with Crippen molar-refractivity contribution in [2.45, 2.75) is 13.8 Å². The number of hydrogen-bond acceptors (Lipinski definition) is 3. The van der Waals surface area contributed by atoms with Gasteiger partial charge in [0.25, 0.3) is 0 Å². The molecule has 0 aliphatic rings. The first-order chi connectivity index (χ1) is 3.41. The summed E-state index contributed by atoms with van der Waals surface area (Å²) in [6.45, 7) is 4.00. The molecule has 3 nitrogen and oxygen atoms in total. The third kappa shape index (κ3) is 34.2. The lowest BCUT2D eigenvalue weighted by atomic mass is 11.0. The third-order valence-electron chi connectivity index (χ3n) is 0.192. The van der Waals surface area contributed by atoms with E-state index < -0.39 is 0 Å². The summed E-state index contributed by atoms with van der Waals surface area (Å²) in [5, 5.41) is 0. The molecule has 0 bridgehead atoms. The van der Waals surface area contributed by atoms with Gasteiger partial charge in [-0.25, -0.2) is 0 Å². The van der Waals surface area contributed by atoms with E-state index in [1.807, 2.05) is 13.8 Å². The maximum absolute atomic E-state index is 4.82. The predicted octanol–water partition coefficient (Wildman–Crippen LogP) is -0.0942. The van der Waals surface area contributed by atoms with Gasteiger partial charge in [0.15, 0.2) is 0 Å². The summed E-state index contributed by atoms with van der Waals surface area (Å²) in [5.41, 5.74) is 7.03. The van der Waals surface area contributed by atoms with Gasteiger partial charge < -0.3 is 11.2 Å². The minimum absolute atomic E-state index is 1.32. The molecule has 7 heavy (non-hydrogen) atoms. The second kappa shape index (κ2) is 18.5. The average Bonchev–Trinajstić information content (AvgIpc) is 1.75. The molecule has 0 heterocycles. The van der Waals surface area contributed by atoms with Crippen LogP contribution in [0.5, 0.6) is 0 Å². The fourth-order valence-corrected chi connectivity index (χ4v) is 0.0556. The van der Waals surface area contributed by atoms with Gasteiger partial charge in [0.1, 0.15) is 0 Å². The molecule has 0 aromatic rings. The molecule has 0 rings (SSSR count). The molecule has 0 saturated heterocycles. The first-order valence-corrected chi connectivity index (χ1v) is 2.24. The summed E-state index contributed by atoms with van der Waals surface area (Å²) in [4.78, 5) is 0. The van der Waals surface area contributed by atoms with Crippen molar-refractivity contribution < 1.29 is 0 Å². The second-order valence-electron chi connectivity index (χ2n) is 0.526. The van der Waals surface area contributed by atoms with Crippen molar-refractivity contribution in [2.75, 3.05) is 0 Å². The molecule has 0 amide bonds. The van der Waals surface area contributed by atoms with Crippen LogP contribution in [-0.2, 0) is 0 Å². The predicted molar refractivity (Wildman–Crippen MR) is 32.0 cm³/mol. The van der Waals surface area contributed by atoms with E-state index in [0.717, 1.165) is 0 Å². The average molecular weight is 103 g/mol. The largest absolute Gasteiger partial charge is 0.403 e. The van der Waals surface area contributed by atoms with Crippen LogP contribution in [0.25, 0.3) is 0 Å². The minimum atomic E-state index is 1.32. The number of rotatable bonds is 1. The van der Waals surface area contributed by atoms with Gasteiger partial charge in [-0.05, 0) is 0 Å². The number of hydrazine groups is 1. The summed E-state index contributed by atoms with van der Waals surface area (Å²) in [6, 6.07) is 0. The van der Waals surface area contributed by atoms with Crippen molar-refractivity contribution in [2.24, 2.45) is 11.6 Å². The molecule has 3 heteroatoms. The Morgan fingerprint density at radius 2 is 1.86 bits per heavy atom. The van der Waals surface area contributed by atoms with E-state index >= 15 is 0 Å². The fourth-order valence-electron chi connectivity index (χ4n) is 0.0556. The Labute approximate surface area is 44.4 Å². The fraction of sp³-hybridized carbons (Fsp3) is 0.500. The number of nitrogens with one attached hydrogen (secondary N) is 1. The van der Waals surface area contributed by atoms with E-state index in [1.165, 1.54) is 12.4 Å². The van der Waals surface area contributed by atoms with Gasteiger partial charge in [-0.2, -0.15) is 0 Å². The number of nitrogens with two attached hydrogens (primary N) is 2. The van der Waals surface area contributed by atoms with Crippen molar-refractivity contribution in [3.05, 3.63) is 12.4 Å². The van der Waals surface area contributed by atoms with E-state index in [-0.39, 0.29) is 0 Å². The van der Waals surface area contributed by atoms with Crippen LogP contribution in [0.3, 0.4) is 0 Å². The monoisotopic (exact) mass is 103 g/mol. The Kier molecular flexibility index (Phi) is 25.3. The zero-order chi connectivity index (χ0) is 6.12. The van der Waals surface area contributed by atoms with Gasteiger partial charge in [0.05, 0.1) is 0 Å². The smallest absolute Gasteiger partial charge is 0.0278 e. The van der Waals surface area contributed by atoms with Gasteiger partial charge in [-0.1, -0.05) is 13.8 Å². The molecule has 0 saturated carbocycles. The van der Waals surface area contributed by atoms with Crippen molar-refractivity contribution in [3.63, 3.8) is 0 Å². The van der Waals surface area contributed by atoms with Crippen molar-refractivity contribution >= 4 is 0 Å². The van der Waals surface area contributed by atoms with Gasteiger partial charge >= 0.3 is 0 Å². The lowest BCUT2D eigenvalue weighted by Gasteiger charge is -1.76. The zero-order valence-electron chi connectivity index (χ0n) is 4.81. The maximum Gasteiger partial charge on any atom is 0.0278 e. The van der Waals surface area contributed by atoms with Crippen LogP contribution in [-0.4, -0.2) is 0 Å². The van der Waals surface area contributed by atoms with E-state index in [2.05, 4.69) is 5.43 Å². The Morgan fingerprint density at radius 3 is 1.86 bits per heavy atom. The lowest BCUT2D eigenvalue weighted by molar-refractivity contribution is 0.963. The Balaban J connectivity index is 0. The molecule has 0 unspecified atom stereocenters. The van der Waals surface area contributed by atoms with Crippen LogP contribution < -0.4 is 17.0 Å². The zero-order valence-corrected chi connectivity index (χ0v) is 4.81. The first-order valence-electron chi connectivity index (χ1n) is 2.24. The summed E-state index contributed by atoms with van der Waals surface area (Å²) >= 11 is 0. The van der Waals surface area contributed by atoms with Gasteiger partial charge in [0, 0.05) is 12.4 Å². The molecular formula is C4H13N3. The molecule has 0 spiro atoms. The summed E-state index contributed by atoms with van der Waals surface area (Å²) in [5.74, 6) is 4.72. The quantitative estimate of drug-likeness (QED) is 0.321. The van der Waals surface area contributed by atoms with Crippen LogP contribution in [0.4, 0.5) is 0 Å². The molecule has 0 aromatic carbocycles. The minimum Gasteiger partial charge on any atom is -0.403 e. The first kappa shape index (κ1) is 9.57. The molecule has 44 valence electrons. The Morgan fingerprint density at radius 1 is 1.43 bits per heavy atom. The highest BCUT2D eigenvalue weighted by atomic mass is 15.2. The highest BCUT2D eigenvalue weighted by molar-refractivity contribution is 4.67. The normalized spacial score (nSPS) is 7.29. The molecular weight excluding hydrogens is 90.1 g/mol. The molecule has 0 aromatic heterocycles. The molecule has 0 atom stereocenters. The maximum atomic E-state index is 4.82. The molecule has 0 aliphatic heterocycles. The van der Waals surface area contributed by atoms with Crippen LogP contribution >= 0.6 is 0 Å². The van der Waals surface area contributed by atoms with E-state index in [0.29, 0.717) is 0 Å². The van der Waals surface area contributed by atoms with Gasteiger partial charge in [-0.3, -0.25) is 5.84 Å². The molecule has 0 aliphatic carbocycles. The lowest BCUT2D eigenvalue weighted by Crippen LogP contribution is -2.13. The number of hydrogen-bond donors (Lipinski definition) is 3. The van der Waals surface area contributed by atoms with Crippen LogP contribution in [0.1, 0.15) is 13.8 Å². The van der Waals surface area contributed by atoms with E-state index in [1.54, 1.807) is 0 Å². The highest BCUT2D eigenvalue weighted by Crippen LogP contribution is 1.38. The molecule has 0 radical (unpaired) electrons. The van der Waals surface area contributed by atoms with Crippen molar-refractivity contribution in [1.29, 1.82) is 0 Å². The summed E-state index contributed by atoms with van der Waals surface area (Å²) in [6.07, 6.45) is 2.75. The van der Waals surface area contributed by atoms with Gasteiger partial charge in [0.2, 0.25) is 0 Å². The molecule has 0 fully saturated rings. The second-order valence-corrected chi connectivity index (χ2v) is 0.526. The van der Waals surface area contributed by atoms with Crippen LogP contribution in [0, 0.1) is 0 Å². The standard InChI is InChI=1S/C2H7N3.C2H6/c3-1-2-5-4;1-2/h1-2,5H,3-4H2;1-2H3/b2-1-;. The highest BCUT2D eigenvalue weighted by Gasteiger charge is 1.44. The van der Waals surface area contributed by atoms with Crippen molar-refractivity contribution in [3.8, 4) is 0 Å². The van der Waals surface area contributed by atoms with Crippen LogP contribution in [0.2, 0.25) is 0 Å². The van der Waals surface area contributed by atoms with Crippen molar-refractivity contribution in [1.82, 2.24) is 5.43 Å². The molecule has 5 N–H and O–H groups in total. The summed E-state index contributed by atoms with van der Waals surface area (Å²) < 4.78 is 0. The third-order valence-corrected chi connectivity index (χ3v) is 0.192. The SMILES string of the molecule is CC.N/C=C\NN. The van der Waals surface area contributed by atoms with E-state index in [4.69, 9.17) is 11.6 Å². The summed E-state index contributed by atoms with van der Waals surface area (Å²) in [7, 11) is 0. The van der Waals surface area contributed by atoms with E-state index in [9.17, 15) is 0 Å². The Hall–Kier alpha value is -0.700. The Bertz CT molecular complexity index is 33.9. The van der Waals surface area contributed by atoms with Gasteiger partial charge in [-0.15, -0.1) is 0 Å². The topological polar surface area (TPSA) is 64.1 Å². The van der Waals surface area contributed by atoms with Crippen LogP contribution in [0.15, 0.2) is 12.4 Å².